The Hall–Kier alpha value is -1.24. The zero-order chi connectivity index (χ0) is 10.4. The maximum atomic E-state index is 11.1. The van der Waals surface area contributed by atoms with Crippen LogP contribution in [0.1, 0.15) is 27.7 Å². The average molecular weight is 184 g/mol. The van der Waals surface area contributed by atoms with Crippen LogP contribution in [0.4, 0.5) is 4.79 Å². The van der Waals surface area contributed by atoms with Crippen molar-refractivity contribution in [2.45, 2.75) is 40.0 Å². The highest BCUT2D eigenvalue weighted by Crippen LogP contribution is 2.07. The van der Waals surface area contributed by atoms with E-state index in [0.29, 0.717) is 0 Å². The summed E-state index contributed by atoms with van der Waals surface area (Å²) < 4.78 is 4.87. The minimum absolute atomic E-state index is 0.0235. The molecule has 0 saturated carbocycles. The molecular formula is C9H16N2O2. The first-order valence-corrected chi connectivity index (χ1v) is 4.31. The number of amides is 1. The molecule has 0 radical (unpaired) electrons. The van der Waals surface area contributed by atoms with E-state index in [4.69, 9.17) is 11.3 Å². The molecule has 4 nitrogen and oxygen atoms in total. The maximum Gasteiger partial charge on any atom is 0.413 e. The van der Waals surface area contributed by atoms with Gasteiger partial charge in [0.25, 0.3) is 0 Å². The first kappa shape index (κ1) is 11.8. The summed E-state index contributed by atoms with van der Waals surface area (Å²) in [6.07, 6.45) is -1.21. The molecule has 0 heterocycles. The van der Waals surface area contributed by atoms with Gasteiger partial charge >= 0.3 is 12.3 Å². The van der Waals surface area contributed by atoms with E-state index in [1.807, 2.05) is 27.7 Å². The van der Waals surface area contributed by atoms with E-state index in [9.17, 15) is 4.79 Å². The van der Waals surface area contributed by atoms with Crippen LogP contribution in [0.3, 0.4) is 0 Å². The van der Waals surface area contributed by atoms with Crippen LogP contribution in [-0.4, -0.2) is 18.4 Å². The molecule has 0 rings (SSSR count). The van der Waals surface area contributed by atoms with Crippen LogP contribution in [0.15, 0.2) is 0 Å². The molecule has 1 amide bonds. The molecular weight excluding hydrogens is 168 g/mol. The Labute approximate surface area is 79.1 Å². The molecule has 0 aromatic heterocycles. The zero-order valence-electron chi connectivity index (χ0n) is 8.50. The quantitative estimate of drug-likeness (QED) is 0.682. The van der Waals surface area contributed by atoms with Crippen molar-refractivity contribution in [3.05, 3.63) is 11.4 Å². The van der Waals surface area contributed by atoms with Crippen LogP contribution in [0.5, 0.6) is 0 Å². The average Bonchev–Trinajstić information content (AvgIpc) is 1.98. The largest absolute Gasteiger partial charge is 0.413 e. The van der Waals surface area contributed by atoms with Crippen LogP contribution < -0.4 is 5.32 Å². The van der Waals surface area contributed by atoms with Crippen molar-refractivity contribution < 1.29 is 9.53 Å². The molecule has 0 aromatic rings. The highest BCUT2D eigenvalue weighted by Gasteiger charge is 2.22. The number of alkyl carbamates (subject to hydrolysis) is 1. The van der Waals surface area contributed by atoms with E-state index in [1.165, 1.54) is 0 Å². The van der Waals surface area contributed by atoms with Gasteiger partial charge in [-0.1, -0.05) is 13.8 Å². The molecule has 1 unspecified atom stereocenters. The lowest BCUT2D eigenvalue weighted by Crippen LogP contribution is -2.34. The second kappa shape index (κ2) is 5.41. The molecule has 0 bridgehead atoms. The Morgan fingerprint density at radius 3 is 2.23 bits per heavy atom. The Balaban J connectivity index is 3.97. The maximum absolute atomic E-state index is 11.1. The summed E-state index contributed by atoms with van der Waals surface area (Å²) in [5, 5.41) is 2.56. The Morgan fingerprint density at radius 2 is 1.92 bits per heavy atom. The molecule has 1 N–H and O–H groups in total. The molecule has 0 aliphatic rings. The second-order valence-electron chi connectivity index (χ2n) is 3.47. The van der Waals surface area contributed by atoms with Gasteiger partial charge < -0.3 is 10.1 Å². The van der Waals surface area contributed by atoms with Gasteiger partial charge in [-0.05, 0) is 13.8 Å². The third-order valence-electron chi connectivity index (χ3n) is 1.33. The van der Waals surface area contributed by atoms with Gasteiger partial charge in [-0.2, -0.15) is 0 Å². The number of ether oxygens (including phenoxy) is 1. The molecule has 0 aromatic carbocycles. The highest BCUT2D eigenvalue weighted by molar-refractivity contribution is 5.67. The Bertz CT molecular complexity index is 206. The van der Waals surface area contributed by atoms with Crippen molar-refractivity contribution >= 4 is 6.09 Å². The Morgan fingerprint density at radius 1 is 1.38 bits per heavy atom. The minimum Gasteiger partial charge on any atom is -0.374 e. The summed E-state index contributed by atoms with van der Waals surface area (Å²) in [5.41, 5.74) is 0. The van der Waals surface area contributed by atoms with Gasteiger partial charge in [0.05, 0.1) is 5.92 Å². The van der Waals surface area contributed by atoms with E-state index >= 15 is 0 Å². The number of hydrogen-bond donors (Lipinski definition) is 1. The zero-order valence-corrected chi connectivity index (χ0v) is 8.50. The smallest absolute Gasteiger partial charge is 0.374 e. The monoisotopic (exact) mass is 184 g/mol. The van der Waals surface area contributed by atoms with Gasteiger partial charge in [0.15, 0.2) is 0 Å². The normalized spacial score (nSPS) is 12.4. The van der Waals surface area contributed by atoms with Crippen LogP contribution in [0, 0.1) is 12.5 Å². The summed E-state index contributed by atoms with van der Waals surface area (Å²) in [6.45, 7) is 14.1. The molecule has 74 valence electrons. The summed E-state index contributed by atoms with van der Waals surface area (Å²) in [6, 6.07) is 0.0334. The summed E-state index contributed by atoms with van der Waals surface area (Å²) in [4.78, 5) is 14.3. The Kier molecular flexibility index (Phi) is 4.90. The SMILES string of the molecule is [C-]#[N+]C(OC(=O)NC(C)C)C(C)C. The van der Waals surface area contributed by atoms with E-state index in [1.54, 1.807) is 0 Å². The number of carbonyl (C=O) groups excluding carboxylic acids is 1. The van der Waals surface area contributed by atoms with Crippen LogP contribution >= 0.6 is 0 Å². The number of rotatable bonds is 3. The molecule has 0 spiro atoms. The summed E-state index contributed by atoms with van der Waals surface area (Å²) in [5.74, 6) is 0.0235. The lowest BCUT2D eigenvalue weighted by Gasteiger charge is -2.12. The second-order valence-corrected chi connectivity index (χ2v) is 3.47. The van der Waals surface area contributed by atoms with Crippen LogP contribution in [-0.2, 0) is 4.74 Å². The predicted molar refractivity (Wildman–Crippen MR) is 50.0 cm³/mol. The van der Waals surface area contributed by atoms with Crippen LogP contribution in [0.2, 0.25) is 0 Å². The molecule has 4 heteroatoms. The topological polar surface area (TPSA) is 42.7 Å². The molecule has 13 heavy (non-hydrogen) atoms. The van der Waals surface area contributed by atoms with Gasteiger partial charge in [-0.15, -0.1) is 0 Å². The van der Waals surface area contributed by atoms with Crippen molar-refractivity contribution in [2.24, 2.45) is 5.92 Å². The molecule has 0 fully saturated rings. The lowest BCUT2D eigenvalue weighted by molar-refractivity contribution is 0.0943. The van der Waals surface area contributed by atoms with E-state index in [2.05, 4.69) is 10.2 Å². The van der Waals surface area contributed by atoms with Crippen LogP contribution in [0.25, 0.3) is 4.85 Å². The van der Waals surface area contributed by atoms with Gasteiger partial charge in [0.2, 0.25) is 0 Å². The summed E-state index contributed by atoms with van der Waals surface area (Å²) >= 11 is 0. The molecule has 0 saturated heterocycles. The van der Waals surface area contributed by atoms with Gasteiger partial charge in [0, 0.05) is 6.04 Å². The van der Waals surface area contributed by atoms with Crippen molar-refractivity contribution in [2.75, 3.05) is 0 Å². The summed E-state index contributed by atoms with van der Waals surface area (Å²) in [7, 11) is 0. The minimum atomic E-state index is -0.682. The highest BCUT2D eigenvalue weighted by atomic mass is 16.6. The third-order valence-corrected chi connectivity index (χ3v) is 1.33. The van der Waals surface area contributed by atoms with Gasteiger partial charge in [-0.25, -0.2) is 11.4 Å². The van der Waals surface area contributed by atoms with E-state index < -0.39 is 12.3 Å². The van der Waals surface area contributed by atoms with Crippen molar-refractivity contribution in [3.8, 4) is 0 Å². The first-order valence-electron chi connectivity index (χ1n) is 4.31. The number of hydrogen-bond acceptors (Lipinski definition) is 2. The fourth-order valence-electron chi connectivity index (χ4n) is 0.691. The van der Waals surface area contributed by atoms with E-state index in [-0.39, 0.29) is 12.0 Å². The fraction of sp³-hybridized carbons (Fsp3) is 0.778. The van der Waals surface area contributed by atoms with Crippen molar-refractivity contribution in [1.29, 1.82) is 0 Å². The number of nitrogens with one attached hydrogen (secondary N) is 1. The molecule has 0 aliphatic carbocycles. The molecule has 0 aliphatic heterocycles. The number of carbonyl (C=O) groups is 1. The van der Waals surface area contributed by atoms with Crippen molar-refractivity contribution in [3.63, 3.8) is 0 Å². The third kappa shape index (κ3) is 5.07. The molecule has 1 atom stereocenters. The number of nitrogens with zero attached hydrogens (tertiary/aromatic N) is 1. The fourth-order valence-corrected chi connectivity index (χ4v) is 0.691. The predicted octanol–water partition coefficient (Wildman–Crippen LogP) is 2.02. The van der Waals surface area contributed by atoms with Crippen molar-refractivity contribution in [1.82, 2.24) is 5.32 Å². The van der Waals surface area contributed by atoms with E-state index in [0.717, 1.165) is 0 Å². The lowest BCUT2D eigenvalue weighted by atomic mass is 10.2. The van der Waals surface area contributed by atoms with Gasteiger partial charge in [-0.3, -0.25) is 4.85 Å². The first-order chi connectivity index (χ1) is 5.97. The van der Waals surface area contributed by atoms with Gasteiger partial charge in [0.1, 0.15) is 0 Å². The standard InChI is InChI=1S/C9H16N2O2/c1-6(2)8(10-5)13-9(12)11-7(3)4/h6-8H,1-4H3,(H,11,12).